The normalized spacial score (nSPS) is 14.8. The van der Waals surface area contributed by atoms with E-state index >= 15 is 0 Å². The number of rotatable bonds is 6. The van der Waals surface area contributed by atoms with E-state index in [2.05, 4.69) is 11.9 Å². The van der Waals surface area contributed by atoms with Crippen LogP contribution in [0.1, 0.15) is 18.4 Å². The topological polar surface area (TPSA) is 62.3 Å². The van der Waals surface area contributed by atoms with Crippen molar-refractivity contribution in [1.29, 1.82) is 5.41 Å². The lowest BCUT2D eigenvalue weighted by Crippen LogP contribution is -2.26. The van der Waals surface area contributed by atoms with Crippen molar-refractivity contribution >= 4 is 5.84 Å². The van der Waals surface area contributed by atoms with Crippen molar-refractivity contribution < 1.29 is 9.13 Å². The van der Waals surface area contributed by atoms with Gasteiger partial charge in [0.1, 0.15) is 12.4 Å². The lowest BCUT2D eigenvalue weighted by molar-refractivity contribution is 0.225. The van der Waals surface area contributed by atoms with E-state index < -0.39 is 5.82 Å². The number of amidine groups is 1. The van der Waals surface area contributed by atoms with Crippen LogP contribution in [0.25, 0.3) is 0 Å². The molecule has 5 heteroatoms. The van der Waals surface area contributed by atoms with Gasteiger partial charge in [-0.2, -0.15) is 0 Å². The summed E-state index contributed by atoms with van der Waals surface area (Å²) in [6, 6.07) is 5.01. The molecule has 0 amide bonds. The van der Waals surface area contributed by atoms with Crippen molar-refractivity contribution in [3.05, 3.63) is 29.6 Å². The highest BCUT2D eigenvalue weighted by Gasteiger charge is 2.25. The van der Waals surface area contributed by atoms with Gasteiger partial charge in [-0.3, -0.25) is 5.41 Å². The summed E-state index contributed by atoms with van der Waals surface area (Å²) in [4.78, 5) is 2.22. The van der Waals surface area contributed by atoms with Crippen molar-refractivity contribution in [2.24, 2.45) is 5.73 Å². The van der Waals surface area contributed by atoms with Crippen molar-refractivity contribution in [2.75, 3.05) is 20.2 Å². The van der Waals surface area contributed by atoms with E-state index in [9.17, 15) is 4.39 Å². The summed E-state index contributed by atoms with van der Waals surface area (Å²) in [7, 11) is 2.05. The van der Waals surface area contributed by atoms with Gasteiger partial charge in [-0.25, -0.2) is 4.39 Å². The minimum atomic E-state index is -0.475. The summed E-state index contributed by atoms with van der Waals surface area (Å²) in [5.41, 5.74) is 5.65. The molecule has 0 spiro atoms. The maximum Gasteiger partial charge on any atom is 0.165 e. The number of halogens is 1. The van der Waals surface area contributed by atoms with Gasteiger partial charge in [0.05, 0.1) is 0 Å². The Kier molecular flexibility index (Phi) is 3.81. The van der Waals surface area contributed by atoms with Gasteiger partial charge < -0.3 is 15.4 Å². The average Bonchev–Trinajstić information content (AvgIpc) is 3.14. The molecule has 1 aliphatic rings. The SMILES string of the molecule is CN(CCOc1ccc(C(=N)N)cc1F)C1CC1. The second-order valence-corrected chi connectivity index (χ2v) is 4.62. The molecule has 0 aromatic heterocycles. The number of hydrogen-bond acceptors (Lipinski definition) is 3. The molecular formula is C13H18FN3O. The van der Waals surface area contributed by atoms with Crippen LogP contribution >= 0.6 is 0 Å². The molecule has 1 aromatic rings. The fourth-order valence-electron chi connectivity index (χ4n) is 1.78. The fraction of sp³-hybridized carbons (Fsp3) is 0.462. The maximum absolute atomic E-state index is 13.6. The van der Waals surface area contributed by atoms with Crippen molar-refractivity contribution in [3.63, 3.8) is 0 Å². The van der Waals surface area contributed by atoms with Crippen molar-refractivity contribution in [2.45, 2.75) is 18.9 Å². The molecule has 0 bridgehead atoms. The molecular weight excluding hydrogens is 233 g/mol. The zero-order valence-corrected chi connectivity index (χ0v) is 10.4. The van der Waals surface area contributed by atoms with Gasteiger partial charge in [-0.1, -0.05) is 0 Å². The van der Waals surface area contributed by atoms with Crippen LogP contribution in [-0.4, -0.2) is 37.0 Å². The Morgan fingerprint density at radius 1 is 1.56 bits per heavy atom. The number of nitrogen functional groups attached to an aromatic ring is 1. The zero-order chi connectivity index (χ0) is 13.1. The van der Waals surface area contributed by atoms with Gasteiger partial charge in [0.25, 0.3) is 0 Å². The third kappa shape index (κ3) is 3.20. The Morgan fingerprint density at radius 2 is 2.28 bits per heavy atom. The van der Waals surface area contributed by atoms with Gasteiger partial charge in [-0.05, 0) is 38.1 Å². The van der Waals surface area contributed by atoms with E-state index in [4.69, 9.17) is 15.9 Å². The third-order valence-corrected chi connectivity index (χ3v) is 3.11. The van der Waals surface area contributed by atoms with E-state index in [1.54, 1.807) is 6.07 Å². The van der Waals surface area contributed by atoms with Crippen LogP contribution in [0.5, 0.6) is 5.75 Å². The first-order valence-electron chi connectivity index (χ1n) is 6.05. The number of hydrogen-bond donors (Lipinski definition) is 2. The first-order chi connectivity index (χ1) is 8.58. The summed E-state index contributed by atoms with van der Waals surface area (Å²) >= 11 is 0. The summed E-state index contributed by atoms with van der Waals surface area (Å²) in [5, 5.41) is 7.21. The number of ether oxygens (including phenoxy) is 1. The van der Waals surface area contributed by atoms with E-state index in [-0.39, 0.29) is 11.6 Å². The molecule has 0 aliphatic heterocycles. The maximum atomic E-state index is 13.6. The van der Waals surface area contributed by atoms with E-state index in [1.807, 2.05) is 0 Å². The minimum Gasteiger partial charge on any atom is -0.489 e. The zero-order valence-electron chi connectivity index (χ0n) is 10.4. The van der Waals surface area contributed by atoms with E-state index in [0.29, 0.717) is 18.2 Å². The van der Waals surface area contributed by atoms with E-state index in [1.165, 1.54) is 25.0 Å². The molecule has 0 unspecified atom stereocenters. The number of likely N-dealkylation sites (N-methyl/N-ethyl adjacent to an activating group) is 1. The number of benzene rings is 1. The lowest BCUT2D eigenvalue weighted by atomic mass is 10.2. The monoisotopic (exact) mass is 251 g/mol. The number of nitrogens with one attached hydrogen (secondary N) is 1. The Labute approximate surface area is 106 Å². The second kappa shape index (κ2) is 5.35. The largest absolute Gasteiger partial charge is 0.489 e. The molecule has 98 valence electrons. The van der Waals surface area contributed by atoms with Crippen LogP contribution in [0, 0.1) is 11.2 Å². The lowest BCUT2D eigenvalue weighted by Gasteiger charge is -2.16. The fourth-order valence-corrected chi connectivity index (χ4v) is 1.78. The van der Waals surface area contributed by atoms with Crippen LogP contribution in [0.2, 0.25) is 0 Å². The average molecular weight is 251 g/mol. The van der Waals surface area contributed by atoms with Gasteiger partial charge in [0.15, 0.2) is 11.6 Å². The molecule has 4 nitrogen and oxygen atoms in total. The molecule has 0 radical (unpaired) electrons. The summed E-state index contributed by atoms with van der Waals surface area (Å²) in [6.07, 6.45) is 2.50. The Balaban J connectivity index is 1.86. The number of nitrogens with two attached hydrogens (primary N) is 1. The third-order valence-electron chi connectivity index (χ3n) is 3.11. The van der Waals surface area contributed by atoms with Gasteiger partial charge in [-0.15, -0.1) is 0 Å². The van der Waals surface area contributed by atoms with Crippen LogP contribution in [0.15, 0.2) is 18.2 Å². The molecule has 0 heterocycles. The molecule has 0 atom stereocenters. The van der Waals surface area contributed by atoms with Gasteiger partial charge in [0.2, 0.25) is 0 Å². The molecule has 1 fully saturated rings. The number of nitrogens with zero attached hydrogens (tertiary/aromatic N) is 1. The smallest absolute Gasteiger partial charge is 0.165 e. The predicted octanol–water partition coefficient (Wildman–Crippen LogP) is 1.58. The predicted molar refractivity (Wildman–Crippen MR) is 68.6 cm³/mol. The molecule has 1 aliphatic carbocycles. The first-order valence-corrected chi connectivity index (χ1v) is 6.05. The Bertz CT molecular complexity index is 446. The molecule has 0 saturated heterocycles. The van der Waals surface area contributed by atoms with Gasteiger partial charge in [0, 0.05) is 18.2 Å². The van der Waals surface area contributed by atoms with Crippen molar-refractivity contribution in [1.82, 2.24) is 4.90 Å². The highest BCUT2D eigenvalue weighted by molar-refractivity contribution is 5.95. The highest BCUT2D eigenvalue weighted by Crippen LogP contribution is 2.25. The summed E-state index contributed by atoms with van der Waals surface area (Å²) in [5.74, 6) is -0.408. The van der Waals surface area contributed by atoms with Crippen molar-refractivity contribution in [3.8, 4) is 5.75 Å². The molecule has 1 aromatic carbocycles. The van der Waals surface area contributed by atoms with Crippen LogP contribution in [0.4, 0.5) is 4.39 Å². The van der Waals surface area contributed by atoms with Crippen LogP contribution in [0.3, 0.4) is 0 Å². The Hall–Kier alpha value is -1.62. The highest BCUT2D eigenvalue weighted by atomic mass is 19.1. The second-order valence-electron chi connectivity index (χ2n) is 4.62. The van der Waals surface area contributed by atoms with Gasteiger partial charge >= 0.3 is 0 Å². The molecule has 2 rings (SSSR count). The Morgan fingerprint density at radius 3 is 2.83 bits per heavy atom. The standard InChI is InChI=1S/C13H18FN3O/c1-17(10-3-4-10)6-7-18-12-5-2-9(13(15)16)8-11(12)14/h2,5,8,10H,3-4,6-7H2,1H3,(H3,15,16). The molecule has 18 heavy (non-hydrogen) atoms. The summed E-state index contributed by atoms with van der Waals surface area (Å²) in [6.45, 7) is 1.25. The minimum absolute atomic E-state index is 0.145. The molecule has 3 N–H and O–H groups in total. The van der Waals surface area contributed by atoms with Crippen LogP contribution in [-0.2, 0) is 0 Å². The quantitative estimate of drug-likeness (QED) is 0.596. The van der Waals surface area contributed by atoms with Crippen LogP contribution < -0.4 is 10.5 Å². The van der Waals surface area contributed by atoms with E-state index in [0.717, 1.165) is 6.54 Å². The first kappa shape index (κ1) is 12.8. The molecule has 1 saturated carbocycles. The summed E-state index contributed by atoms with van der Waals surface area (Å²) < 4.78 is 19.0.